The van der Waals surface area contributed by atoms with Crippen molar-refractivity contribution in [1.82, 2.24) is 5.32 Å². The SMILES string of the molecule is CC(C)(C)C(N)C(=O)NC1Cc2ccccc2C1. The molecule has 1 aromatic rings. The van der Waals surface area contributed by atoms with Crippen LogP contribution in [0.15, 0.2) is 24.3 Å². The molecule has 1 atom stereocenters. The van der Waals surface area contributed by atoms with Crippen molar-refractivity contribution in [2.24, 2.45) is 11.1 Å². The number of benzene rings is 1. The van der Waals surface area contributed by atoms with E-state index in [9.17, 15) is 4.79 Å². The third-order valence-corrected chi connectivity index (χ3v) is 3.61. The largest absolute Gasteiger partial charge is 0.351 e. The molecule has 3 N–H and O–H groups in total. The molecule has 0 saturated carbocycles. The average molecular weight is 246 g/mol. The Hall–Kier alpha value is -1.35. The van der Waals surface area contributed by atoms with Gasteiger partial charge in [-0.2, -0.15) is 0 Å². The molecule has 0 aliphatic heterocycles. The number of nitrogens with two attached hydrogens (primary N) is 1. The van der Waals surface area contributed by atoms with Crippen molar-refractivity contribution in [2.45, 2.75) is 45.7 Å². The van der Waals surface area contributed by atoms with E-state index in [-0.39, 0.29) is 17.4 Å². The predicted octanol–water partition coefficient (Wildman–Crippen LogP) is 1.64. The second-order valence-corrected chi connectivity index (χ2v) is 6.23. The summed E-state index contributed by atoms with van der Waals surface area (Å²) in [6.07, 6.45) is 1.83. The monoisotopic (exact) mass is 246 g/mol. The second-order valence-electron chi connectivity index (χ2n) is 6.23. The van der Waals surface area contributed by atoms with Crippen LogP contribution in [-0.2, 0) is 17.6 Å². The second kappa shape index (κ2) is 4.73. The number of carbonyl (C=O) groups excluding carboxylic acids is 1. The smallest absolute Gasteiger partial charge is 0.237 e. The van der Waals surface area contributed by atoms with Gasteiger partial charge in [0.2, 0.25) is 5.91 Å². The summed E-state index contributed by atoms with van der Waals surface area (Å²) in [5.74, 6) is -0.0414. The molecule has 3 nitrogen and oxygen atoms in total. The number of fused-ring (bicyclic) bond motifs is 1. The van der Waals surface area contributed by atoms with Crippen LogP contribution in [0, 0.1) is 5.41 Å². The van der Waals surface area contributed by atoms with Crippen LogP contribution in [-0.4, -0.2) is 18.0 Å². The molecule has 98 valence electrons. The van der Waals surface area contributed by atoms with Gasteiger partial charge in [0.05, 0.1) is 6.04 Å². The van der Waals surface area contributed by atoms with Crippen LogP contribution in [0.4, 0.5) is 0 Å². The first-order valence-corrected chi connectivity index (χ1v) is 6.50. The lowest BCUT2D eigenvalue weighted by atomic mass is 9.87. The van der Waals surface area contributed by atoms with Crippen molar-refractivity contribution < 1.29 is 4.79 Å². The fraction of sp³-hybridized carbons (Fsp3) is 0.533. The minimum atomic E-state index is -0.457. The van der Waals surface area contributed by atoms with Gasteiger partial charge in [0.25, 0.3) is 0 Å². The van der Waals surface area contributed by atoms with Crippen LogP contribution in [0.2, 0.25) is 0 Å². The van der Waals surface area contributed by atoms with Crippen LogP contribution in [0.1, 0.15) is 31.9 Å². The Labute approximate surface area is 109 Å². The number of hydrogen-bond donors (Lipinski definition) is 2. The Morgan fingerprint density at radius 2 is 1.78 bits per heavy atom. The van der Waals surface area contributed by atoms with E-state index >= 15 is 0 Å². The minimum absolute atomic E-state index is 0.0414. The van der Waals surface area contributed by atoms with Crippen molar-refractivity contribution in [3.63, 3.8) is 0 Å². The summed E-state index contributed by atoms with van der Waals surface area (Å²) in [6.45, 7) is 5.96. The lowest BCUT2D eigenvalue weighted by molar-refractivity contribution is -0.125. The van der Waals surface area contributed by atoms with Gasteiger partial charge < -0.3 is 11.1 Å². The normalized spacial score (nSPS) is 17.3. The lowest BCUT2D eigenvalue weighted by Crippen LogP contribution is -2.51. The number of carbonyl (C=O) groups is 1. The molecule has 18 heavy (non-hydrogen) atoms. The molecule has 0 fully saturated rings. The zero-order chi connectivity index (χ0) is 13.3. The fourth-order valence-corrected chi connectivity index (χ4v) is 2.35. The topological polar surface area (TPSA) is 55.1 Å². The first-order chi connectivity index (χ1) is 8.38. The highest BCUT2D eigenvalue weighted by atomic mass is 16.2. The van der Waals surface area contributed by atoms with Gasteiger partial charge in [-0.1, -0.05) is 45.0 Å². The van der Waals surface area contributed by atoms with Gasteiger partial charge in [0, 0.05) is 6.04 Å². The van der Waals surface area contributed by atoms with E-state index in [0.29, 0.717) is 0 Å². The molecule has 1 unspecified atom stereocenters. The van der Waals surface area contributed by atoms with E-state index < -0.39 is 6.04 Å². The van der Waals surface area contributed by atoms with Crippen LogP contribution >= 0.6 is 0 Å². The summed E-state index contributed by atoms with van der Waals surface area (Å²) in [5, 5.41) is 3.07. The Kier molecular flexibility index (Phi) is 3.44. The summed E-state index contributed by atoms with van der Waals surface area (Å²) >= 11 is 0. The van der Waals surface area contributed by atoms with E-state index in [1.54, 1.807) is 0 Å². The van der Waals surface area contributed by atoms with Gasteiger partial charge in [0.1, 0.15) is 0 Å². The third-order valence-electron chi connectivity index (χ3n) is 3.61. The maximum atomic E-state index is 12.1. The van der Waals surface area contributed by atoms with Crippen LogP contribution in [0.25, 0.3) is 0 Å². The van der Waals surface area contributed by atoms with Gasteiger partial charge in [-0.3, -0.25) is 4.79 Å². The van der Waals surface area contributed by atoms with E-state index in [4.69, 9.17) is 5.73 Å². The highest BCUT2D eigenvalue weighted by Crippen LogP contribution is 2.23. The minimum Gasteiger partial charge on any atom is -0.351 e. The van der Waals surface area contributed by atoms with Gasteiger partial charge in [-0.25, -0.2) is 0 Å². The van der Waals surface area contributed by atoms with Crippen molar-refractivity contribution in [3.05, 3.63) is 35.4 Å². The molecule has 0 saturated heterocycles. The zero-order valence-corrected chi connectivity index (χ0v) is 11.4. The van der Waals surface area contributed by atoms with Crippen LogP contribution < -0.4 is 11.1 Å². The number of hydrogen-bond acceptors (Lipinski definition) is 2. The molecule has 1 amide bonds. The molecule has 0 radical (unpaired) electrons. The van der Waals surface area contributed by atoms with Crippen molar-refractivity contribution in [2.75, 3.05) is 0 Å². The van der Waals surface area contributed by atoms with E-state index in [2.05, 4.69) is 17.4 Å². The molecule has 0 spiro atoms. The molecule has 2 rings (SSSR count). The average Bonchev–Trinajstić information content (AvgIpc) is 2.68. The van der Waals surface area contributed by atoms with Crippen molar-refractivity contribution in [1.29, 1.82) is 0 Å². The van der Waals surface area contributed by atoms with Crippen LogP contribution in [0.3, 0.4) is 0 Å². The Morgan fingerprint density at radius 1 is 1.28 bits per heavy atom. The molecule has 1 aliphatic rings. The molecule has 0 heterocycles. The van der Waals surface area contributed by atoms with Crippen molar-refractivity contribution in [3.8, 4) is 0 Å². The number of nitrogens with one attached hydrogen (secondary N) is 1. The summed E-state index contributed by atoms with van der Waals surface area (Å²) in [7, 11) is 0. The Balaban J connectivity index is 1.96. The van der Waals surface area contributed by atoms with Gasteiger partial charge in [0.15, 0.2) is 0 Å². The molecule has 0 bridgehead atoms. The maximum Gasteiger partial charge on any atom is 0.237 e. The van der Waals surface area contributed by atoms with E-state index in [0.717, 1.165) is 12.8 Å². The lowest BCUT2D eigenvalue weighted by Gasteiger charge is -2.27. The van der Waals surface area contributed by atoms with Gasteiger partial charge in [-0.15, -0.1) is 0 Å². The first kappa shape index (κ1) is 13.1. The van der Waals surface area contributed by atoms with Crippen molar-refractivity contribution >= 4 is 5.91 Å². The first-order valence-electron chi connectivity index (χ1n) is 6.50. The van der Waals surface area contributed by atoms with E-state index in [1.165, 1.54) is 11.1 Å². The maximum absolute atomic E-state index is 12.1. The fourth-order valence-electron chi connectivity index (χ4n) is 2.35. The molecule has 3 heteroatoms. The Bertz CT molecular complexity index is 423. The summed E-state index contributed by atoms with van der Waals surface area (Å²) < 4.78 is 0. The summed E-state index contributed by atoms with van der Waals surface area (Å²) in [4.78, 5) is 12.1. The van der Waals surface area contributed by atoms with Gasteiger partial charge in [-0.05, 0) is 29.4 Å². The predicted molar refractivity (Wildman–Crippen MR) is 73.2 cm³/mol. The quantitative estimate of drug-likeness (QED) is 0.833. The van der Waals surface area contributed by atoms with Crippen LogP contribution in [0.5, 0.6) is 0 Å². The summed E-state index contributed by atoms with van der Waals surface area (Å²) in [6, 6.07) is 8.09. The van der Waals surface area contributed by atoms with Gasteiger partial charge >= 0.3 is 0 Å². The highest BCUT2D eigenvalue weighted by Gasteiger charge is 2.30. The zero-order valence-electron chi connectivity index (χ0n) is 11.4. The Morgan fingerprint density at radius 3 is 2.22 bits per heavy atom. The van der Waals surface area contributed by atoms with E-state index in [1.807, 2.05) is 32.9 Å². The molecule has 0 aromatic heterocycles. The molecule has 1 aliphatic carbocycles. The number of rotatable bonds is 2. The molecule has 1 aromatic carbocycles. The third kappa shape index (κ3) is 2.72. The summed E-state index contributed by atoms with van der Waals surface area (Å²) in [5.41, 5.74) is 8.45. The molecular formula is C15H22N2O. The highest BCUT2D eigenvalue weighted by molar-refractivity contribution is 5.82. The standard InChI is InChI=1S/C15H22N2O/c1-15(2,3)13(16)14(18)17-12-8-10-6-4-5-7-11(10)9-12/h4-7,12-13H,8-9,16H2,1-3H3,(H,17,18). The number of amides is 1. The molecular weight excluding hydrogens is 224 g/mol.